The largest absolute Gasteiger partial charge is 0.372 e. The van der Waals surface area contributed by atoms with Crippen molar-refractivity contribution in [3.8, 4) is 0 Å². The van der Waals surface area contributed by atoms with E-state index in [0.29, 0.717) is 0 Å². The van der Waals surface area contributed by atoms with Crippen molar-refractivity contribution in [3.05, 3.63) is 6.10 Å². The second-order valence-electron chi connectivity index (χ2n) is 3.30. The van der Waals surface area contributed by atoms with Gasteiger partial charge in [-0.2, -0.15) is 0 Å². The molecular weight excluding hydrogens is 136 g/mol. The lowest BCUT2D eigenvalue weighted by molar-refractivity contribution is 0.0912. The van der Waals surface area contributed by atoms with Gasteiger partial charge in [0.05, 0.1) is 6.10 Å². The number of hydrogen-bond acceptors (Lipinski definition) is 1. The molecule has 0 unspecified atom stereocenters. The molecule has 1 heterocycles. The van der Waals surface area contributed by atoms with Crippen molar-refractivity contribution in [2.45, 2.75) is 51.9 Å². The first-order chi connectivity index (χ1) is 5.43. The van der Waals surface area contributed by atoms with Crippen LogP contribution in [0.4, 0.5) is 0 Å². The lowest BCUT2D eigenvalue weighted by Gasteiger charge is -2.20. The maximum atomic E-state index is 5.54. The summed E-state index contributed by atoms with van der Waals surface area (Å²) in [6.07, 6.45) is 10.4. The molecule has 0 spiro atoms. The Labute approximate surface area is 70.1 Å². The van der Waals surface area contributed by atoms with Crippen LogP contribution in [0.15, 0.2) is 0 Å². The van der Waals surface area contributed by atoms with Crippen LogP contribution in [0.25, 0.3) is 0 Å². The van der Waals surface area contributed by atoms with Gasteiger partial charge in [0.2, 0.25) is 0 Å². The van der Waals surface area contributed by atoms with Crippen molar-refractivity contribution < 1.29 is 4.74 Å². The molecule has 1 fully saturated rings. The molecule has 11 heavy (non-hydrogen) atoms. The van der Waals surface area contributed by atoms with Gasteiger partial charge in [-0.15, -0.1) is 0 Å². The predicted molar refractivity (Wildman–Crippen MR) is 47.2 cm³/mol. The molecule has 65 valence electrons. The predicted octanol–water partition coefficient (Wildman–Crippen LogP) is 3.30. The highest BCUT2D eigenvalue weighted by Crippen LogP contribution is 2.24. The van der Waals surface area contributed by atoms with E-state index in [-0.39, 0.29) is 0 Å². The maximum Gasteiger partial charge on any atom is 0.0970 e. The Kier molecular flexibility index (Phi) is 4.60. The first kappa shape index (κ1) is 9.05. The van der Waals surface area contributed by atoms with Crippen molar-refractivity contribution >= 4 is 0 Å². The highest BCUT2D eigenvalue weighted by atomic mass is 16.5. The highest BCUT2D eigenvalue weighted by molar-refractivity contribution is 4.80. The lowest BCUT2D eigenvalue weighted by atomic mass is 10.0. The van der Waals surface area contributed by atoms with Crippen molar-refractivity contribution in [2.24, 2.45) is 0 Å². The van der Waals surface area contributed by atoms with E-state index in [9.17, 15) is 0 Å². The first-order valence-electron chi connectivity index (χ1n) is 4.91. The van der Waals surface area contributed by atoms with E-state index in [4.69, 9.17) is 4.74 Å². The summed E-state index contributed by atoms with van der Waals surface area (Å²) < 4.78 is 5.54. The Bertz CT molecular complexity index is 84.9. The lowest BCUT2D eigenvalue weighted by Crippen LogP contribution is -2.10. The van der Waals surface area contributed by atoms with Crippen LogP contribution in [0.3, 0.4) is 0 Å². The third-order valence-electron chi connectivity index (χ3n) is 2.22. The van der Waals surface area contributed by atoms with Crippen LogP contribution < -0.4 is 0 Å². The molecule has 0 bridgehead atoms. The highest BCUT2D eigenvalue weighted by Gasteiger charge is 2.13. The summed E-state index contributed by atoms with van der Waals surface area (Å²) >= 11 is 0. The smallest absolute Gasteiger partial charge is 0.0970 e. The fourth-order valence-electron chi connectivity index (χ4n) is 1.48. The standard InChI is InChI=1S/C10H19O/c1-2-3-4-7-10-8-5-6-9-11-10/h2-9H2,1H3. The summed E-state index contributed by atoms with van der Waals surface area (Å²) in [5, 5.41) is 0. The van der Waals surface area contributed by atoms with Gasteiger partial charge in [0, 0.05) is 6.61 Å². The van der Waals surface area contributed by atoms with Gasteiger partial charge in [0.15, 0.2) is 0 Å². The van der Waals surface area contributed by atoms with Gasteiger partial charge in [0.1, 0.15) is 0 Å². The zero-order chi connectivity index (χ0) is 7.94. The summed E-state index contributed by atoms with van der Waals surface area (Å²) in [5.74, 6) is 0. The Morgan fingerprint density at radius 1 is 1.27 bits per heavy atom. The topological polar surface area (TPSA) is 9.23 Å². The molecule has 1 nitrogen and oxygen atoms in total. The molecule has 0 aromatic rings. The minimum Gasteiger partial charge on any atom is -0.372 e. The van der Waals surface area contributed by atoms with Crippen LogP contribution in [-0.2, 0) is 4.74 Å². The molecule has 0 aliphatic carbocycles. The molecule has 0 aromatic heterocycles. The number of ether oxygens (including phenoxy) is 1. The number of hydrogen-bond donors (Lipinski definition) is 0. The Hall–Kier alpha value is -0.0400. The van der Waals surface area contributed by atoms with Crippen LogP contribution >= 0.6 is 0 Å². The third-order valence-corrected chi connectivity index (χ3v) is 2.22. The molecule has 1 aliphatic heterocycles. The molecule has 0 saturated carbocycles. The average molecular weight is 155 g/mol. The van der Waals surface area contributed by atoms with Gasteiger partial charge in [-0.3, -0.25) is 0 Å². The Balaban J connectivity index is 1.96. The van der Waals surface area contributed by atoms with Gasteiger partial charge >= 0.3 is 0 Å². The van der Waals surface area contributed by atoms with E-state index in [1.165, 1.54) is 51.0 Å². The molecule has 1 heteroatoms. The van der Waals surface area contributed by atoms with Crippen LogP contribution in [-0.4, -0.2) is 6.61 Å². The van der Waals surface area contributed by atoms with Crippen LogP contribution in [0.1, 0.15) is 51.9 Å². The number of rotatable bonds is 4. The Morgan fingerprint density at radius 3 is 2.82 bits per heavy atom. The van der Waals surface area contributed by atoms with Crippen molar-refractivity contribution in [3.63, 3.8) is 0 Å². The molecule has 0 amide bonds. The SMILES string of the molecule is CCCCC[C]1CCCCO1. The third kappa shape index (κ3) is 3.76. The molecule has 1 rings (SSSR count). The molecule has 0 atom stereocenters. The summed E-state index contributed by atoms with van der Waals surface area (Å²) in [6, 6.07) is 0. The van der Waals surface area contributed by atoms with Crippen LogP contribution in [0, 0.1) is 6.10 Å². The van der Waals surface area contributed by atoms with Gasteiger partial charge in [0.25, 0.3) is 0 Å². The van der Waals surface area contributed by atoms with Crippen molar-refractivity contribution in [1.29, 1.82) is 0 Å². The first-order valence-corrected chi connectivity index (χ1v) is 4.91. The molecule has 0 N–H and O–H groups in total. The van der Waals surface area contributed by atoms with Gasteiger partial charge in [-0.05, 0) is 25.7 Å². The molecule has 0 aromatic carbocycles. The quantitative estimate of drug-likeness (QED) is 0.566. The minimum atomic E-state index is 0.974. The molecule has 1 saturated heterocycles. The second-order valence-corrected chi connectivity index (χ2v) is 3.30. The second kappa shape index (κ2) is 5.59. The zero-order valence-electron chi connectivity index (χ0n) is 7.57. The van der Waals surface area contributed by atoms with E-state index in [1.54, 1.807) is 0 Å². The fraction of sp³-hybridized carbons (Fsp3) is 0.900. The summed E-state index contributed by atoms with van der Waals surface area (Å²) in [4.78, 5) is 0. The number of unbranched alkanes of at least 4 members (excludes halogenated alkanes) is 2. The van der Waals surface area contributed by atoms with E-state index < -0.39 is 0 Å². The van der Waals surface area contributed by atoms with Gasteiger partial charge in [-0.1, -0.05) is 26.2 Å². The van der Waals surface area contributed by atoms with E-state index in [1.807, 2.05) is 0 Å². The molecule has 1 aliphatic rings. The van der Waals surface area contributed by atoms with Gasteiger partial charge < -0.3 is 4.74 Å². The van der Waals surface area contributed by atoms with E-state index >= 15 is 0 Å². The van der Waals surface area contributed by atoms with Gasteiger partial charge in [-0.25, -0.2) is 0 Å². The van der Waals surface area contributed by atoms with Crippen LogP contribution in [0.5, 0.6) is 0 Å². The maximum absolute atomic E-state index is 5.54. The summed E-state index contributed by atoms with van der Waals surface area (Å²) in [5.41, 5.74) is 0. The minimum absolute atomic E-state index is 0.974. The average Bonchev–Trinajstić information content (AvgIpc) is 2.07. The summed E-state index contributed by atoms with van der Waals surface area (Å²) in [7, 11) is 0. The normalized spacial score (nSPS) is 20.5. The fourth-order valence-corrected chi connectivity index (χ4v) is 1.48. The monoisotopic (exact) mass is 155 g/mol. The Morgan fingerprint density at radius 2 is 2.18 bits per heavy atom. The van der Waals surface area contributed by atoms with Crippen molar-refractivity contribution in [2.75, 3.05) is 6.61 Å². The molecular formula is C10H19O. The molecule has 1 radical (unpaired) electrons. The van der Waals surface area contributed by atoms with E-state index in [2.05, 4.69) is 6.92 Å². The van der Waals surface area contributed by atoms with E-state index in [0.717, 1.165) is 6.61 Å². The zero-order valence-corrected chi connectivity index (χ0v) is 7.57. The van der Waals surface area contributed by atoms with Crippen LogP contribution in [0.2, 0.25) is 0 Å². The summed E-state index contributed by atoms with van der Waals surface area (Å²) in [6.45, 7) is 3.22. The van der Waals surface area contributed by atoms with Crippen molar-refractivity contribution in [1.82, 2.24) is 0 Å².